The van der Waals surface area contributed by atoms with Crippen LogP contribution in [0.2, 0.25) is 0 Å². The number of nitrogens with zero attached hydrogens (tertiary/aromatic N) is 2. The Kier molecular flexibility index (Phi) is 3.04. The van der Waals surface area contributed by atoms with E-state index in [-0.39, 0.29) is 23.6 Å². The summed E-state index contributed by atoms with van der Waals surface area (Å²) < 4.78 is 0. The minimum Gasteiger partial charge on any atom is -0.475 e. The van der Waals surface area contributed by atoms with Crippen LogP contribution in [0.4, 0.5) is 0 Å². The summed E-state index contributed by atoms with van der Waals surface area (Å²) in [6, 6.07) is 4.92. The van der Waals surface area contributed by atoms with E-state index in [2.05, 4.69) is 4.98 Å². The van der Waals surface area contributed by atoms with Crippen LogP contribution in [0.1, 0.15) is 36.7 Å². The van der Waals surface area contributed by atoms with Crippen LogP contribution >= 0.6 is 0 Å². The average Bonchev–Trinajstić information content (AvgIpc) is 2.46. The molecular weight excluding hydrogens is 272 g/mol. The molecule has 3 fully saturated rings. The van der Waals surface area contributed by atoms with Crippen LogP contribution in [0.3, 0.4) is 0 Å². The van der Waals surface area contributed by atoms with Gasteiger partial charge >= 0.3 is 5.97 Å². The topological polar surface area (TPSA) is 87.6 Å². The molecular formula is C15H16N2O4. The summed E-state index contributed by atoms with van der Waals surface area (Å²) in [4.78, 5) is 41.3. The Morgan fingerprint density at radius 1 is 1.33 bits per heavy atom. The van der Waals surface area contributed by atoms with Crippen LogP contribution in [0.5, 0.6) is 0 Å². The largest absolute Gasteiger partial charge is 0.475 e. The van der Waals surface area contributed by atoms with Gasteiger partial charge in [0.15, 0.2) is 0 Å². The van der Waals surface area contributed by atoms with Gasteiger partial charge in [-0.3, -0.25) is 14.6 Å². The second-order valence-corrected chi connectivity index (χ2v) is 5.96. The van der Waals surface area contributed by atoms with Crippen molar-refractivity contribution in [1.82, 2.24) is 9.88 Å². The molecule has 0 radical (unpaired) electrons. The van der Waals surface area contributed by atoms with Crippen molar-refractivity contribution in [1.29, 1.82) is 0 Å². The fraction of sp³-hybridized carbons (Fsp3) is 0.467. The number of fused-ring (bicyclic) bond motifs is 2. The fourth-order valence-corrected chi connectivity index (χ4v) is 3.78. The SMILES string of the molecule is CC1CC2CC(C(=O)C(=O)O)(C1)N2C(=O)c1ccccn1. The normalized spacial score (nSPS) is 30.4. The third-order valence-electron chi connectivity index (χ3n) is 4.48. The lowest BCUT2D eigenvalue weighted by molar-refractivity contribution is -0.168. The van der Waals surface area contributed by atoms with Crippen molar-refractivity contribution in [3.63, 3.8) is 0 Å². The van der Waals surface area contributed by atoms with Gasteiger partial charge in [0, 0.05) is 12.2 Å². The molecule has 1 aliphatic carbocycles. The molecule has 1 amide bonds. The molecule has 1 aromatic rings. The molecule has 3 aliphatic rings. The number of aromatic nitrogens is 1. The van der Waals surface area contributed by atoms with Crippen LogP contribution in [-0.2, 0) is 9.59 Å². The molecule has 4 rings (SSSR count). The van der Waals surface area contributed by atoms with Gasteiger partial charge in [-0.15, -0.1) is 0 Å². The molecule has 2 saturated heterocycles. The zero-order valence-corrected chi connectivity index (χ0v) is 11.7. The summed E-state index contributed by atoms with van der Waals surface area (Å²) in [5, 5.41) is 9.08. The number of hydrogen-bond donors (Lipinski definition) is 1. The Labute approximate surface area is 121 Å². The van der Waals surface area contributed by atoms with Gasteiger partial charge in [0.1, 0.15) is 11.2 Å². The molecule has 6 nitrogen and oxygen atoms in total. The monoisotopic (exact) mass is 288 g/mol. The van der Waals surface area contributed by atoms with Gasteiger partial charge in [-0.2, -0.15) is 0 Å². The number of ketones is 1. The van der Waals surface area contributed by atoms with E-state index in [1.165, 1.54) is 11.1 Å². The number of aliphatic carboxylic acids is 1. The number of Topliss-reactive ketones (excluding diaryl/α,β-unsaturated/α-hetero) is 1. The number of carbonyl (C=O) groups excluding carboxylic acids is 2. The first kappa shape index (κ1) is 13.7. The van der Waals surface area contributed by atoms with Crippen LogP contribution in [0.25, 0.3) is 0 Å². The molecule has 1 aromatic heterocycles. The number of carbonyl (C=O) groups is 3. The molecule has 0 aromatic carbocycles. The van der Waals surface area contributed by atoms with E-state index in [1.807, 2.05) is 6.92 Å². The molecule has 21 heavy (non-hydrogen) atoms. The van der Waals surface area contributed by atoms with E-state index < -0.39 is 17.3 Å². The predicted molar refractivity (Wildman–Crippen MR) is 72.6 cm³/mol. The second-order valence-electron chi connectivity index (χ2n) is 5.96. The minimum absolute atomic E-state index is 0.0634. The van der Waals surface area contributed by atoms with Crippen molar-refractivity contribution in [2.24, 2.45) is 5.92 Å². The quantitative estimate of drug-likeness (QED) is 0.842. The molecule has 0 spiro atoms. The van der Waals surface area contributed by atoms with Gasteiger partial charge in [-0.1, -0.05) is 13.0 Å². The number of amides is 1. The lowest BCUT2D eigenvalue weighted by Crippen LogP contribution is -2.75. The maximum absolute atomic E-state index is 12.6. The molecule has 2 aliphatic heterocycles. The van der Waals surface area contributed by atoms with E-state index >= 15 is 0 Å². The number of pyridine rings is 1. The lowest BCUT2D eigenvalue weighted by atomic mass is 9.62. The molecule has 3 heterocycles. The van der Waals surface area contributed by atoms with Crippen LogP contribution in [0.15, 0.2) is 24.4 Å². The molecule has 1 N–H and O–H groups in total. The maximum Gasteiger partial charge on any atom is 0.374 e. The Hall–Kier alpha value is -2.24. The number of hydrogen-bond acceptors (Lipinski definition) is 4. The van der Waals surface area contributed by atoms with Gasteiger partial charge in [-0.05, 0) is 37.3 Å². The summed E-state index contributed by atoms with van der Waals surface area (Å²) in [5.41, 5.74) is -0.928. The van der Waals surface area contributed by atoms with E-state index in [4.69, 9.17) is 5.11 Å². The minimum atomic E-state index is -1.47. The molecule has 2 bridgehead atoms. The Morgan fingerprint density at radius 3 is 2.71 bits per heavy atom. The Morgan fingerprint density at radius 2 is 2.10 bits per heavy atom. The highest BCUT2D eigenvalue weighted by Crippen LogP contribution is 2.50. The third-order valence-corrected chi connectivity index (χ3v) is 4.48. The zero-order chi connectivity index (χ0) is 15.2. The number of rotatable bonds is 3. The van der Waals surface area contributed by atoms with Crippen molar-refractivity contribution in [3.8, 4) is 0 Å². The van der Waals surface area contributed by atoms with Crippen molar-refractivity contribution in [2.45, 2.75) is 37.8 Å². The number of carboxylic acids is 1. The summed E-state index contributed by atoms with van der Waals surface area (Å²) in [5.74, 6) is -2.47. The van der Waals surface area contributed by atoms with Crippen molar-refractivity contribution < 1.29 is 19.5 Å². The third kappa shape index (κ3) is 1.93. The first-order valence-corrected chi connectivity index (χ1v) is 6.98. The molecule has 1 saturated carbocycles. The smallest absolute Gasteiger partial charge is 0.374 e. The van der Waals surface area contributed by atoms with Crippen molar-refractivity contribution >= 4 is 17.7 Å². The van der Waals surface area contributed by atoms with Crippen molar-refractivity contribution in [3.05, 3.63) is 30.1 Å². The summed E-state index contributed by atoms with van der Waals surface area (Å²) >= 11 is 0. The highest BCUT2D eigenvalue weighted by atomic mass is 16.4. The number of carboxylic acid groups (broad SMARTS) is 1. The van der Waals surface area contributed by atoms with Crippen molar-refractivity contribution in [2.75, 3.05) is 0 Å². The fourth-order valence-electron chi connectivity index (χ4n) is 3.78. The first-order chi connectivity index (χ1) is 9.95. The standard InChI is InChI=1S/C15H16N2O4/c1-9-6-10-8-15(7-9,12(18)14(20)21)17(10)13(19)11-4-2-3-5-16-11/h2-5,9-10H,6-8H2,1H3,(H,20,21). The highest BCUT2D eigenvalue weighted by molar-refractivity contribution is 6.37. The maximum atomic E-state index is 12.6. The number of piperidine rings is 1. The molecule has 3 atom stereocenters. The van der Waals surface area contributed by atoms with Gasteiger partial charge in [-0.25, -0.2) is 4.79 Å². The average molecular weight is 288 g/mol. The van der Waals surface area contributed by atoms with Gasteiger partial charge in [0.25, 0.3) is 11.7 Å². The Bertz CT molecular complexity index is 615. The van der Waals surface area contributed by atoms with E-state index in [1.54, 1.807) is 18.2 Å². The van der Waals surface area contributed by atoms with Crippen LogP contribution < -0.4 is 0 Å². The second kappa shape index (κ2) is 4.65. The van der Waals surface area contributed by atoms with Crippen LogP contribution in [-0.4, -0.2) is 44.2 Å². The molecule has 3 unspecified atom stereocenters. The highest BCUT2D eigenvalue weighted by Gasteiger charge is 2.63. The summed E-state index contributed by atoms with van der Waals surface area (Å²) in [6.45, 7) is 1.98. The molecule has 6 heteroatoms. The summed E-state index contributed by atoms with van der Waals surface area (Å²) in [7, 11) is 0. The van der Waals surface area contributed by atoms with Gasteiger partial charge < -0.3 is 10.0 Å². The van der Waals surface area contributed by atoms with E-state index in [0.717, 1.165) is 6.42 Å². The summed E-state index contributed by atoms with van der Waals surface area (Å²) in [6.07, 6.45) is 3.17. The lowest BCUT2D eigenvalue weighted by Gasteiger charge is -2.61. The van der Waals surface area contributed by atoms with Crippen LogP contribution in [0, 0.1) is 5.92 Å². The molecule has 110 valence electrons. The van der Waals surface area contributed by atoms with Gasteiger partial charge in [0.2, 0.25) is 0 Å². The van der Waals surface area contributed by atoms with E-state index in [0.29, 0.717) is 12.8 Å². The van der Waals surface area contributed by atoms with E-state index in [9.17, 15) is 14.4 Å². The Balaban J connectivity index is 1.96. The first-order valence-electron chi connectivity index (χ1n) is 6.98. The zero-order valence-electron chi connectivity index (χ0n) is 11.7. The van der Waals surface area contributed by atoms with Gasteiger partial charge in [0.05, 0.1) is 0 Å². The predicted octanol–water partition coefficient (Wildman–Crippen LogP) is 1.12.